The van der Waals surface area contributed by atoms with Gasteiger partial charge in [-0.3, -0.25) is 9.59 Å². The number of carbonyl (C=O) groups is 2. The van der Waals surface area contributed by atoms with E-state index in [0.29, 0.717) is 19.4 Å². The van der Waals surface area contributed by atoms with Gasteiger partial charge >= 0.3 is 11.9 Å². The Morgan fingerprint density at radius 2 is 0.726 bits per heavy atom. The molecule has 0 aliphatic carbocycles. The average Bonchev–Trinajstić information content (AvgIpc) is 3.27. The number of hydrogen-bond acceptors (Lipinski definition) is 5. The van der Waals surface area contributed by atoms with Gasteiger partial charge in [-0.05, 0) is 83.5 Å². The topological polar surface area (TPSA) is 61.8 Å². The lowest BCUT2D eigenvalue weighted by atomic mass is 10.0. The molecule has 0 rings (SSSR count). The SMILES string of the molecule is CC/C=C\C/C=C\C/C=C\CCCCCCCC(=O)OCC(COCCCCCCCCCCCCCCCCCC)OC(=O)CCCCCCC/C=C\C/C=C\CCCCC. The second kappa shape index (κ2) is 52.9. The molecule has 0 aromatic carbocycles. The lowest BCUT2D eigenvalue weighted by molar-refractivity contribution is -0.163. The van der Waals surface area contributed by atoms with Crippen molar-refractivity contribution in [3.05, 3.63) is 60.8 Å². The monoisotopic (exact) mass is 867 g/mol. The van der Waals surface area contributed by atoms with Gasteiger partial charge in [0.15, 0.2) is 6.10 Å². The van der Waals surface area contributed by atoms with Crippen molar-refractivity contribution in [3.63, 3.8) is 0 Å². The van der Waals surface area contributed by atoms with Crippen molar-refractivity contribution in [2.45, 2.75) is 271 Å². The molecule has 0 aromatic rings. The maximum Gasteiger partial charge on any atom is 0.306 e. The lowest BCUT2D eigenvalue weighted by Crippen LogP contribution is -2.30. The summed E-state index contributed by atoms with van der Waals surface area (Å²) >= 11 is 0. The number of hydrogen-bond donors (Lipinski definition) is 0. The van der Waals surface area contributed by atoms with Crippen molar-refractivity contribution in [3.8, 4) is 0 Å². The first-order chi connectivity index (χ1) is 30.6. The molecule has 0 amide bonds. The molecule has 360 valence electrons. The maximum absolute atomic E-state index is 12.8. The zero-order valence-electron chi connectivity index (χ0n) is 41.4. The molecule has 0 N–H and O–H groups in total. The van der Waals surface area contributed by atoms with Crippen LogP contribution in [-0.2, 0) is 23.8 Å². The van der Waals surface area contributed by atoms with Gasteiger partial charge < -0.3 is 14.2 Å². The molecule has 0 aromatic heterocycles. The molecule has 0 aliphatic heterocycles. The van der Waals surface area contributed by atoms with E-state index in [2.05, 4.69) is 81.5 Å². The van der Waals surface area contributed by atoms with Crippen molar-refractivity contribution in [2.24, 2.45) is 0 Å². The molecule has 5 nitrogen and oxygen atoms in total. The normalized spacial score (nSPS) is 12.6. The molecule has 0 aliphatic rings. The van der Waals surface area contributed by atoms with E-state index in [1.54, 1.807) is 0 Å². The fourth-order valence-electron chi connectivity index (χ4n) is 7.56. The predicted molar refractivity (Wildman–Crippen MR) is 270 cm³/mol. The summed E-state index contributed by atoms with van der Waals surface area (Å²) in [6.45, 7) is 7.69. The van der Waals surface area contributed by atoms with Crippen molar-refractivity contribution < 1.29 is 23.8 Å². The molecule has 0 saturated carbocycles. The van der Waals surface area contributed by atoms with Crippen LogP contribution in [0.15, 0.2) is 60.8 Å². The molecule has 0 spiro atoms. The molecule has 0 saturated heterocycles. The van der Waals surface area contributed by atoms with E-state index < -0.39 is 6.10 Å². The Balaban J connectivity index is 4.30. The van der Waals surface area contributed by atoms with Gasteiger partial charge in [-0.25, -0.2) is 0 Å². The smallest absolute Gasteiger partial charge is 0.306 e. The van der Waals surface area contributed by atoms with Gasteiger partial charge in [-0.15, -0.1) is 0 Å². The molecular weight excluding hydrogens is 765 g/mol. The lowest BCUT2D eigenvalue weighted by Gasteiger charge is -2.18. The molecule has 62 heavy (non-hydrogen) atoms. The van der Waals surface area contributed by atoms with Crippen LogP contribution in [0.1, 0.15) is 265 Å². The quantitative estimate of drug-likeness (QED) is 0.0346. The van der Waals surface area contributed by atoms with Crippen LogP contribution in [0.2, 0.25) is 0 Å². The van der Waals surface area contributed by atoms with Crippen LogP contribution in [0, 0.1) is 0 Å². The Morgan fingerprint density at radius 3 is 1.19 bits per heavy atom. The Morgan fingerprint density at radius 1 is 0.371 bits per heavy atom. The van der Waals surface area contributed by atoms with Crippen LogP contribution in [-0.4, -0.2) is 37.9 Å². The fourth-order valence-corrected chi connectivity index (χ4v) is 7.56. The minimum absolute atomic E-state index is 0.0721. The third kappa shape index (κ3) is 50.2. The first kappa shape index (κ1) is 59.6. The highest BCUT2D eigenvalue weighted by molar-refractivity contribution is 5.70. The summed E-state index contributed by atoms with van der Waals surface area (Å²) in [5.41, 5.74) is 0. The van der Waals surface area contributed by atoms with Crippen LogP contribution >= 0.6 is 0 Å². The minimum atomic E-state index is -0.549. The summed E-state index contributed by atoms with van der Waals surface area (Å²) in [5.74, 6) is -0.423. The van der Waals surface area contributed by atoms with Crippen LogP contribution in [0.3, 0.4) is 0 Å². The first-order valence-electron chi connectivity index (χ1n) is 26.8. The summed E-state index contributed by atoms with van der Waals surface area (Å²) in [4.78, 5) is 25.4. The number of esters is 2. The third-order valence-corrected chi connectivity index (χ3v) is 11.5. The number of allylic oxidation sites excluding steroid dienone is 10. The van der Waals surface area contributed by atoms with Gasteiger partial charge in [0.1, 0.15) is 6.61 Å². The molecule has 0 heterocycles. The summed E-state index contributed by atoms with van der Waals surface area (Å²) in [6, 6.07) is 0. The molecule has 0 radical (unpaired) electrons. The Labute approximate surface area is 385 Å². The van der Waals surface area contributed by atoms with Crippen molar-refractivity contribution in [1.29, 1.82) is 0 Å². The van der Waals surface area contributed by atoms with Gasteiger partial charge in [-0.1, -0.05) is 229 Å². The summed E-state index contributed by atoms with van der Waals surface area (Å²) in [6.07, 6.45) is 66.6. The van der Waals surface area contributed by atoms with Crippen molar-refractivity contribution >= 4 is 11.9 Å². The molecule has 0 fully saturated rings. The van der Waals surface area contributed by atoms with E-state index in [4.69, 9.17) is 14.2 Å². The number of carbonyl (C=O) groups excluding carboxylic acids is 2. The Kier molecular flexibility index (Phi) is 50.9. The zero-order chi connectivity index (χ0) is 44.9. The molecule has 0 bridgehead atoms. The standard InChI is InChI=1S/C57H102O5/c1-4-7-10-13-16-19-22-25-28-31-34-37-40-43-46-49-52-60-53-55(62-57(59)51-48-45-42-39-36-33-30-27-24-21-18-15-12-9-6-3)54-61-56(58)50-47-44-41-38-35-32-29-26-23-20-17-14-11-8-5-2/h8,11,17-18,20-21,26-27,29-30,55H,4-7,9-10,12-16,19,22-25,28,31-54H2,1-3H3/b11-8-,20-17-,21-18-,29-26-,30-27-. The first-order valence-corrected chi connectivity index (χ1v) is 26.8. The van der Waals surface area contributed by atoms with Gasteiger partial charge in [0, 0.05) is 19.4 Å². The second-order valence-corrected chi connectivity index (χ2v) is 17.8. The predicted octanol–water partition coefficient (Wildman–Crippen LogP) is 18.1. The van der Waals surface area contributed by atoms with Gasteiger partial charge in [0.05, 0.1) is 6.61 Å². The van der Waals surface area contributed by atoms with Gasteiger partial charge in [0.2, 0.25) is 0 Å². The number of ether oxygens (including phenoxy) is 3. The van der Waals surface area contributed by atoms with Crippen molar-refractivity contribution in [2.75, 3.05) is 19.8 Å². The van der Waals surface area contributed by atoms with Gasteiger partial charge in [0.25, 0.3) is 0 Å². The van der Waals surface area contributed by atoms with Crippen molar-refractivity contribution in [1.82, 2.24) is 0 Å². The van der Waals surface area contributed by atoms with E-state index >= 15 is 0 Å². The molecular formula is C57H102O5. The summed E-state index contributed by atoms with van der Waals surface area (Å²) < 4.78 is 17.4. The third-order valence-electron chi connectivity index (χ3n) is 11.5. The highest BCUT2D eigenvalue weighted by Gasteiger charge is 2.17. The largest absolute Gasteiger partial charge is 0.462 e. The number of unbranched alkanes of at least 4 members (excludes halogenated alkanes) is 28. The van der Waals surface area contributed by atoms with E-state index in [1.807, 2.05) is 0 Å². The van der Waals surface area contributed by atoms with Crippen LogP contribution < -0.4 is 0 Å². The Bertz CT molecular complexity index is 1070. The number of rotatable bonds is 49. The summed E-state index contributed by atoms with van der Waals surface area (Å²) in [7, 11) is 0. The highest BCUT2D eigenvalue weighted by Crippen LogP contribution is 2.15. The Hall–Kier alpha value is -2.40. The summed E-state index contributed by atoms with van der Waals surface area (Å²) in [5, 5.41) is 0. The van der Waals surface area contributed by atoms with E-state index in [9.17, 15) is 9.59 Å². The molecule has 5 heteroatoms. The zero-order valence-corrected chi connectivity index (χ0v) is 41.4. The van der Waals surface area contributed by atoms with Gasteiger partial charge in [-0.2, -0.15) is 0 Å². The average molecular weight is 867 g/mol. The second-order valence-electron chi connectivity index (χ2n) is 17.8. The maximum atomic E-state index is 12.8. The molecule has 1 atom stereocenters. The minimum Gasteiger partial charge on any atom is -0.462 e. The van der Waals surface area contributed by atoms with E-state index in [1.165, 1.54) is 141 Å². The van der Waals surface area contributed by atoms with Crippen LogP contribution in [0.25, 0.3) is 0 Å². The van der Waals surface area contributed by atoms with E-state index in [-0.39, 0.29) is 25.2 Å². The highest BCUT2D eigenvalue weighted by atomic mass is 16.6. The van der Waals surface area contributed by atoms with E-state index in [0.717, 1.165) is 89.9 Å². The van der Waals surface area contributed by atoms with Crippen LogP contribution in [0.5, 0.6) is 0 Å². The fraction of sp³-hybridized carbons (Fsp3) is 0.789. The van der Waals surface area contributed by atoms with Crippen LogP contribution in [0.4, 0.5) is 0 Å². The molecule has 1 unspecified atom stereocenters.